The van der Waals surface area contributed by atoms with Crippen molar-refractivity contribution in [3.05, 3.63) is 23.2 Å². The van der Waals surface area contributed by atoms with Gasteiger partial charge in [0.2, 0.25) is 0 Å². The summed E-state index contributed by atoms with van der Waals surface area (Å²) in [5.74, 6) is 2.67. The minimum atomic E-state index is 0.561. The number of hydrogen-bond donors (Lipinski definition) is 1. The van der Waals surface area contributed by atoms with Gasteiger partial charge in [-0.1, -0.05) is 20.8 Å². The number of rotatable bonds is 6. The van der Waals surface area contributed by atoms with Crippen LogP contribution in [0.4, 0.5) is 0 Å². The maximum Gasteiger partial charge on any atom is 0.118 e. The van der Waals surface area contributed by atoms with Crippen LogP contribution in [0.3, 0.4) is 0 Å². The Labute approximate surface area is 98.6 Å². The topological polar surface area (TPSA) is 42.4 Å². The fourth-order valence-electron chi connectivity index (χ4n) is 1.91. The molecular formula is C13H24N2O. The van der Waals surface area contributed by atoms with Crippen molar-refractivity contribution >= 4 is 0 Å². The normalized spacial score (nSPS) is 11.7. The Morgan fingerprint density at radius 2 is 2.12 bits per heavy atom. The standard InChI is InChI=1S/C13H24N2O/c1-5-15(8-10(2)3)9-13-6-12(7-14)11(4)16-13/h6,10H,5,7-9,14H2,1-4H3. The largest absolute Gasteiger partial charge is 0.465 e. The van der Waals surface area contributed by atoms with Gasteiger partial charge in [0.25, 0.3) is 0 Å². The van der Waals surface area contributed by atoms with Gasteiger partial charge in [0.15, 0.2) is 0 Å². The Bertz CT molecular complexity index is 318. The van der Waals surface area contributed by atoms with Crippen LogP contribution in [0.15, 0.2) is 10.5 Å². The van der Waals surface area contributed by atoms with Gasteiger partial charge >= 0.3 is 0 Å². The summed E-state index contributed by atoms with van der Waals surface area (Å²) in [6.07, 6.45) is 0. The van der Waals surface area contributed by atoms with Crippen molar-refractivity contribution in [1.82, 2.24) is 4.90 Å². The molecule has 0 saturated heterocycles. The Balaban J connectivity index is 2.63. The summed E-state index contributed by atoms with van der Waals surface area (Å²) in [4.78, 5) is 2.39. The molecule has 0 aromatic carbocycles. The third-order valence-electron chi connectivity index (χ3n) is 2.74. The van der Waals surface area contributed by atoms with Gasteiger partial charge in [0, 0.05) is 18.7 Å². The van der Waals surface area contributed by atoms with E-state index in [4.69, 9.17) is 10.2 Å². The minimum absolute atomic E-state index is 0.561. The van der Waals surface area contributed by atoms with Crippen molar-refractivity contribution in [2.24, 2.45) is 11.7 Å². The lowest BCUT2D eigenvalue weighted by atomic mass is 10.2. The minimum Gasteiger partial charge on any atom is -0.465 e. The molecule has 3 heteroatoms. The molecule has 0 atom stereocenters. The zero-order valence-corrected chi connectivity index (χ0v) is 10.9. The maximum atomic E-state index is 5.70. The number of hydrogen-bond acceptors (Lipinski definition) is 3. The Morgan fingerprint density at radius 3 is 2.56 bits per heavy atom. The third kappa shape index (κ3) is 3.65. The van der Waals surface area contributed by atoms with Gasteiger partial charge in [-0.25, -0.2) is 0 Å². The van der Waals surface area contributed by atoms with Gasteiger partial charge < -0.3 is 10.2 Å². The van der Waals surface area contributed by atoms with Crippen LogP contribution in [0.1, 0.15) is 37.9 Å². The molecule has 0 amide bonds. The third-order valence-corrected chi connectivity index (χ3v) is 2.74. The monoisotopic (exact) mass is 224 g/mol. The summed E-state index contributed by atoms with van der Waals surface area (Å²) >= 11 is 0. The van der Waals surface area contributed by atoms with Gasteiger partial charge in [-0.15, -0.1) is 0 Å². The maximum absolute atomic E-state index is 5.70. The van der Waals surface area contributed by atoms with Crippen molar-refractivity contribution in [2.75, 3.05) is 13.1 Å². The average molecular weight is 224 g/mol. The molecule has 0 aliphatic heterocycles. The van der Waals surface area contributed by atoms with Gasteiger partial charge in [0.1, 0.15) is 11.5 Å². The van der Waals surface area contributed by atoms with Gasteiger partial charge in [0.05, 0.1) is 6.54 Å². The summed E-state index contributed by atoms with van der Waals surface area (Å²) < 4.78 is 5.70. The highest BCUT2D eigenvalue weighted by Crippen LogP contribution is 2.16. The van der Waals surface area contributed by atoms with Crippen LogP contribution in [0.25, 0.3) is 0 Å². The first-order chi connectivity index (χ1) is 7.56. The Hall–Kier alpha value is -0.800. The van der Waals surface area contributed by atoms with Gasteiger partial charge in [-0.05, 0) is 25.5 Å². The molecule has 2 N–H and O–H groups in total. The second-order valence-corrected chi connectivity index (χ2v) is 4.72. The molecule has 0 bridgehead atoms. The van der Waals surface area contributed by atoms with E-state index in [-0.39, 0.29) is 0 Å². The van der Waals surface area contributed by atoms with Crippen LogP contribution in [0, 0.1) is 12.8 Å². The summed E-state index contributed by atoms with van der Waals surface area (Å²) in [6.45, 7) is 12.2. The molecule has 1 heterocycles. The number of aryl methyl sites for hydroxylation is 1. The molecule has 3 nitrogen and oxygen atoms in total. The van der Waals surface area contributed by atoms with E-state index in [1.165, 1.54) is 0 Å². The van der Waals surface area contributed by atoms with E-state index in [1.807, 2.05) is 6.92 Å². The number of nitrogens with zero attached hydrogens (tertiary/aromatic N) is 1. The molecule has 0 saturated carbocycles. The highest BCUT2D eigenvalue weighted by atomic mass is 16.3. The average Bonchev–Trinajstić information content (AvgIpc) is 2.57. The predicted molar refractivity (Wildman–Crippen MR) is 67.1 cm³/mol. The van der Waals surface area contributed by atoms with Crippen molar-refractivity contribution in [2.45, 2.75) is 40.8 Å². The first kappa shape index (κ1) is 13.3. The molecule has 1 aromatic heterocycles. The van der Waals surface area contributed by atoms with E-state index in [0.29, 0.717) is 12.5 Å². The van der Waals surface area contributed by atoms with Crippen LogP contribution in [0.5, 0.6) is 0 Å². The lowest BCUT2D eigenvalue weighted by Crippen LogP contribution is -2.26. The summed E-state index contributed by atoms with van der Waals surface area (Å²) in [7, 11) is 0. The molecule has 0 aliphatic rings. The van der Waals surface area contributed by atoms with E-state index in [0.717, 1.165) is 36.7 Å². The smallest absolute Gasteiger partial charge is 0.118 e. The molecule has 1 rings (SSSR count). The van der Waals surface area contributed by atoms with Crippen LogP contribution < -0.4 is 5.73 Å². The van der Waals surface area contributed by atoms with Crippen molar-refractivity contribution < 1.29 is 4.42 Å². The highest BCUT2D eigenvalue weighted by Gasteiger charge is 2.11. The fourth-order valence-corrected chi connectivity index (χ4v) is 1.91. The van der Waals surface area contributed by atoms with Crippen LogP contribution in [-0.4, -0.2) is 18.0 Å². The predicted octanol–water partition coefficient (Wildman–Crippen LogP) is 2.52. The summed E-state index contributed by atoms with van der Waals surface area (Å²) in [5, 5.41) is 0. The SMILES string of the molecule is CCN(Cc1cc(CN)c(C)o1)CC(C)C. The molecule has 0 fully saturated rings. The highest BCUT2D eigenvalue weighted by molar-refractivity contribution is 5.20. The van der Waals surface area contributed by atoms with Crippen molar-refractivity contribution in [3.63, 3.8) is 0 Å². The van der Waals surface area contributed by atoms with E-state index in [2.05, 4.69) is 31.7 Å². The molecule has 1 aromatic rings. The fraction of sp³-hybridized carbons (Fsp3) is 0.692. The summed E-state index contributed by atoms with van der Waals surface area (Å²) in [6, 6.07) is 2.08. The first-order valence-corrected chi connectivity index (χ1v) is 6.07. The van der Waals surface area contributed by atoms with E-state index >= 15 is 0 Å². The Morgan fingerprint density at radius 1 is 1.44 bits per heavy atom. The van der Waals surface area contributed by atoms with E-state index in [9.17, 15) is 0 Å². The molecule has 0 spiro atoms. The van der Waals surface area contributed by atoms with Crippen LogP contribution >= 0.6 is 0 Å². The van der Waals surface area contributed by atoms with E-state index < -0.39 is 0 Å². The molecular weight excluding hydrogens is 200 g/mol. The quantitative estimate of drug-likeness (QED) is 0.807. The van der Waals surface area contributed by atoms with Crippen LogP contribution in [0.2, 0.25) is 0 Å². The van der Waals surface area contributed by atoms with Gasteiger partial charge in [-0.3, -0.25) is 4.90 Å². The summed E-state index contributed by atoms with van der Waals surface area (Å²) in [5.41, 5.74) is 6.76. The molecule has 92 valence electrons. The second-order valence-electron chi connectivity index (χ2n) is 4.72. The van der Waals surface area contributed by atoms with E-state index in [1.54, 1.807) is 0 Å². The molecule has 16 heavy (non-hydrogen) atoms. The van der Waals surface area contributed by atoms with Gasteiger partial charge in [-0.2, -0.15) is 0 Å². The Kier molecular flexibility index (Phi) is 5.03. The van der Waals surface area contributed by atoms with Crippen LogP contribution in [-0.2, 0) is 13.1 Å². The lowest BCUT2D eigenvalue weighted by molar-refractivity contribution is 0.228. The molecule has 0 radical (unpaired) electrons. The number of nitrogens with two attached hydrogens (primary N) is 1. The second kappa shape index (κ2) is 6.06. The molecule has 0 aliphatic carbocycles. The van der Waals surface area contributed by atoms with Crippen molar-refractivity contribution in [3.8, 4) is 0 Å². The van der Waals surface area contributed by atoms with Crippen molar-refractivity contribution in [1.29, 1.82) is 0 Å². The zero-order valence-electron chi connectivity index (χ0n) is 10.9. The molecule has 0 unspecified atom stereocenters. The lowest BCUT2D eigenvalue weighted by Gasteiger charge is -2.21. The number of furan rings is 1. The zero-order chi connectivity index (χ0) is 12.1. The first-order valence-electron chi connectivity index (χ1n) is 6.07.